The summed E-state index contributed by atoms with van der Waals surface area (Å²) in [4.78, 5) is 4.44. The quantitative estimate of drug-likeness (QED) is 0.407. The lowest BCUT2D eigenvalue weighted by Crippen LogP contribution is -2.13. The van der Waals surface area contributed by atoms with Crippen LogP contribution in [0.1, 0.15) is 101 Å². The molecule has 1 heterocycles. The fraction of sp³-hybridized carbons (Fsp3) is 0.560. The van der Waals surface area contributed by atoms with Gasteiger partial charge in [-0.25, -0.2) is 10.4 Å². The third-order valence-corrected chi connectivity index (χ3v) is 6.07. The van der Waals surface area contributed by atoms with Crippen LogP contribution < -0.4 is 5.43 Å². The molecule has 0 radical (unpaired) electrons. The van der Waals surface area contributed by atoms with E-state index in [1.54, 1.807) is 6.21 Å². The van der Waals surface area contributed by atoms with Crippen LogP contribution >= 0.6 is 0 Å². The normalized spacial score (nSPS) is 19.7. The van der Waals surface area contributed by atoms with Crippen LogP contribution in [0.15, 0.2) is 33.8 Å². The van der Waals surface area contributed by atoms with Crippen molar-refractivity contribution >= 4 is 12.1 Å². The van der Waals surface area contributed by atoms with Crippen molar-refractivity contribution in [2.24, 2.45) is 11.0 Å². The van der Waals surface area contributed by atoms with Crippen LogP contribution in [0.2, 0.25) is 0 Å². The van der Waals surface area contributed by atoms with Gasteiger partial charge >= 0.3 is 0 Å². The number of nitrogens with zero attached hydrogens (tertiary/aromatic N) is 3. The zero-order valence-corrected chi connectivity index (χ0v) is 18.7. The van der Waals surface area contributed by atoms with Gasteiger partial charge in [0.2, 0.25) is 11.6 Å². The van der Waals surface area contributed by atoms with E-state index in [1.807, 2.05) is 12.1 Å². The topological polar surface area (TPSA) is 74.2 Å². The summed E-state index contributed by atoms with van der Waals surface area (Å²) in [6.45, 7) is 8.83. The molecule has 1 saturated carbocycles. The lowest BCUT2D eigenvalue weighted by molar-refractivity contribution is 0.278. The number of anilines is 1. The number of nitrogens with one attached hydrogen (secondary N) is 1. The van der Waals surface area contributed by atoms with E-state index in [2.05, 4.69) is 61.4 Å². The second kappa shape index (κ2) is 9.93. The zero-order valence-electron chi connectivity index (χ0n) is 18.7. The molecule has 1 aliphatic rings. The van der Waals surface area contributed by atoms with Gasteiger partial charge in [0.25, 0.3) is 5.88 Å². The number of oxazole rings is 1. The molecule has 0 aliphatic heterocycles. The molecule has 5 nitrogen and oxygen atoms in total. The van der Waals surface area contributed by atoms with Crippen molar-refractivity contribution in [1.82, 2.24) is 4.98 Å². The number of hydrogen-bond donors (Lipinski definition) is 1. The molecule has 0 atom stereocenters. The molecule has 1 aliphatic carbocycles. The Morgan fingerprint density at radius 1 is 1.20 bits per heavy atom. The number of hydrazone groups is 1. The molecule has 5 heteroatoms. The molecule has 1 N–H and O–H groups in total. The fourth-order valence-corrected chi connectivity index (χ4v) is 4.09. The highest BCUT2D eigenvalue weighted by Crippen LogP contribution is 2.38. The third kappa shape index (κ3) is 5.72. The number of nitriles is 1. The minimum absolute atomic E-state index is 0.126. The number of hydrogen-bond acceptors (Lipinski definition) is 5. The Bertz CT molecular complexity index is 875. The van der Waals surface area contributed by atoms with Gasteiger partial charge in [-0.1, -0.05) is 71.2 Å². The molecule has 0 saturated heterocycles. The van der Waals surface area contributed by atoms with Gasteiger partial charge in [-0.2, -0.15) is 10.4 Å². The van der Waals surface area contributed by atoms with Crippen molar-refractivity contribution in [2.75, 3.05) is 5.43 Å². The van der Waals surface area contributed by atoms with Crippen molar-refractivity contribution < 1.29 is 4.42 Å². The average molecular weight is 407 g/mol. The highest BCUT2D eigenvalue weighted by molar-refractivity contribution is 5.80. The number of aromatic nitrogens is 1. The van der Waals surface area contributed by atoms with E-state index in [0.29, 0.717) is 17.7 Å². The summed E-state index contributed by atoms with van der Waals surface area (Å²) in [5.74, 6) is 2.15. The minimum atomic E-state index is 0.126. The van der Waals surface area contributed by atoms with Crippen LogP contribution in [-0.4, -0.2) is 11.2 Å². The Morgan fingerprint density at radius 2 is 1.90 bits per heavy atom. The zero-order chi connectivity index (χ0) is 21.6. The largest absolute Gasteiger partial charge is 0.422 e. The van der Waals surface area contributed by atoms with E-state index in [4.69, 9.17) is 4.42 Å². The van der Waals surface area contributed by atoms with E-state index < -0.39 is 0 Å². The lowest BCUT2D eigenvalue weighted by atomic mass is 9.80. The molecular formula is C25H34N4O. The molecule has 3 rings (SSSR count). The van der Waals surface area contributed by atoms with E-state index in [0.717, 1.165) is 24.3 Å². The number of rotatable bonds is 7. The summed E-state index contributed by atoms with van der Waals surface area (Å²) in [7, 11) is 0. The Kier molecular flexibility index (Phi) is 7.31. The van der Waals surface area contributed by atoms with Gasteiger partial charge < -0.3 is 4.42 Å². The summed E-state index contributed by atoms with van der Waals surface area (Å²) in [5.41, 5.74) is 5.54. The maximum Gasteiger partial charge on any atom is 0.252 e. The van der Waals surface area contributed by atoms with Crippen molar-refractivity contribution in [3.05, 3.63) is 47.0 Å². The first-order valence-corrected chi connectivity index (χ1v) is 11.2. The van der Waals surface area contributed by atoms with Crippen molar-refractivity contribution in [3.63, 3.8) is 0 Å². The maximum atomic E-state index is 9.43. The Labute approximate surface area is 180 Å². The Morgan fingerprint density at radius 3 is 2.50 bits per heavy atom. The van der Waals surface area contributed by atoms with Gasteiger partial charge in [0.15, 0.2) is 0 Å². The molecule has 2 aromatic rings. The molecule has 0 amide bonds. The van der Waals surface area contributed by atoms with Gasteiger partial charge in [0, 0.05) is 5.92 Å². The Hall–Kier alpha value is -2.61. The predicted molar refractivity (Wildman–Crippen MR) is 122 cm³/mol. The number of unbranched alkanes of at least 4 members (excludes halogenated alkanes) is 1. The van der Waals surface area contributed by atoms with Gasteiger partial charge in [-0.15, -0.1) is 0 Å². The van der Waals surface area contributed by atoms with Gasteiger partial charge in [0.05, 0.1) is 6.21 Å². The predicted octanol–water partition coefficient (Wildman–Crippen LogP) is 6.75. The minimum Gasteiger partial charge on any atom is -0.422 e. The van der Waals surface area contributed by atoms with Crippen molar-refractivity contribution in [2.45, 2.75) is 84.0 Å². The lowest BCUT2D eigenvalue weighted by Gasteiger charge is -2.26. The van der Waals surface area contributed by atoms with Gasteiger partial charge in [-0.05, 0) is 48.1 Å². The van der Waals surface area contributed by atoms with Crippen molar-refractivity contribution in [3.8, 4) is 6.07 Å². The molecule has 30 heavy (non-hydrogen) atoms. The molecule has 0 unspecified atom stereocenters. The fourth-order valence-electron chi connectivity index (χ4n) is 4.09. The van der Waals surface area contributed by atoms with Crippen molar-refractivity contribution in [1.29, 1.82) is 5.26 Å². The monoisotopic (exact) mass is 406 g/mol. The van der Waals surface area contributed by atoms with Crippen LogP contribution in [-0.2, 0) is 5.41 Å². The third-order valence-electron chi connectivity index (χ3n) is 6.07. The molecule has 1 aromatic carbocycles. The molecule has 1 fully saturated rings. The maximum absolute atomic E-state index is 9.43. The van der Waals surface area contributed by atoms with E-state index >= 15 is 0 Å². The van der Waals surface area contributed by atoms with E-state index in [-0.39, 0.29) is 11.1 Å². The van der Waals surface area contributed by atoms with E-state index in [9.17, 15) is 5.26 Å². The van der Waals surface area contributed by atoms with Crippen LogP contribution in [0.4, 0.5) is 5.88 Å². The van der Waals surface area contributed by atoms with E-state index in [1.165, 1.54) is 37.7 Å². The molecule has 1 aromatic heterocycles. The standard InChI is InChI=1S/C25H34N4O/c1-5-6-7-18-8-12-20(13-9-18)23-28-22(16-26)24(30-23)29-27-17-19-10-14-21(15-11-19)25(2,3)4/h10-11,14-15,17-18,20,29H,5-9,12-13H2,1-4H3/b27-17-. The first kappa shape index (κ1) is 22.1. The molecule has 0 spiro atoms. The SMILES string of the molecule is CCCCC1CCC(c2nc(C#N)c(N/N=C\c3ccc(C(C)(C)C)cc3)o2)CC1. The summed E-state index contributed by atoms with van der Waals surface area (Å²) < 4.78 is 5.90. The second-order valence-corrected chi connectivity index (χ2v) is 9.44. The Balaban J connectivity index is 1.60. The highest BCUT2D eigenvalue weighted by Gasteiger charge is 2.27. The molecular weight excluding hydrogens is 372 g/mol. The highest BCUT2D eigenvalue weighted by atomic mass is 16.4. The van der Waals surface area contributed by atoms with Gasteiger partial charge in [-0.3, -0.25) is 0 Å². The van der Waals surface area contributed by atoms with Crippen LogP contribution in [0, 0.1) is 17.2 Å². The second-order valence-electron chi connectivity index (χ2n) is 9.44. The first-order chi connectivity index (χ1) is 14.4. The summed E-state index contributed by atoms with van der Waals surface area (Å²) in [5, 5.41) is 13.7. The molecule has 0 bridgehead atoms. The number of benzene rings is 1. The van der Waals surface area contributed by atoms with Crippen LogP contribution in [0.5, 0.6) is 0 Å². The summed E-state index contributed by atoms with van der Waals surface area (Å²) in [6, 6.07) is 10.4. The summed E-state index contributed by atoms with van der Waals surface area (Å²) >= 11 is 0. The van der Waals surface area contributed by atoms with Crippen LogP contribution in [0.25, 0.3) is 0 Å². The smallest absolute Gasteiger partial charge is 0.252 e. The van der Waals surface area contributed by atoms with Crippen LogP contribution in [0.3, 0.4) is 0 Å². The summed E-state index contributed by atoms with van der Waals surface area (Å²) in [6.07, 6.45) is 10.3. The first-order valence-electron chi connectivity index (χ1n) is 11.2. The molecule has 160 valence electrons. The van der Waals surface area contributed by atoms with Gasteiger partial charge in [0.1, 0.15) is 6.07 Å². The average Bonchev–Trinajstić information content (AvgIpc) is 3.15.